The highest BCUT2D eigenvalue weighted by atomic mass is 16.7. The zero-order valence-electron chi connectivity index (χ0n) is 11.2. The standard InChI is InChI=1S/C15H18N2O2/c1-11-5-13-14(19-10-18-13)6-12(11)7-17-9-15(8-16)3-2-4-15/h5-6,17H,2-4,7,9-10H2,1H3. The van der Waals surface area contributed by atoms with Crippen molar-refractivity contribution in [3.8, 4) is 17.6 Å². The fourth-order valence-electron chi connectivity index (χ4n) is 2.64. The van der Waals surface area contributed by atoms with Gasteiger partial charge in [0.15, 0.2) is 11.5 Å². The van der Waals surface area contributed by atoms with E-state index in [1.54, 1.807) is 0 Å². The van der Waals surface area contributed by atoms with Crippen LogP contribution in [-0.4, -0.2) is 13.3 Å². The molecule has 0 bridgehead atoms. The van der Waals surface area contributed by atoms with Gasteiger partial charge in [-0.2, -0.15) is 5.26 Å². The first-order chi connectivity index (χ1) is 9.22. The predicted octanol–water partition coefficient (Wildman–Crippen LogP) is 2.51. The fraction of sp³-hybridized carbons (Fsp3) is 0.533. The highest BCUT2D eigenvalue weighted by Gasteiger charge is 2.36. The van der Waals surface area contributed by atoms with Crippen molar-refractivity contribution in [3.63, 3.8) is 0 Å². The minimum Gasteiger partial charge on any atom is -0.454 e. The summed E-state index contributed by atoms with van der Waals surface area (Å²) in [5.74, 6) is 1.65. The van der Waals surface area contributed by atoms with Crippen molar-refractivity contribution in [2.75, 3.05) is 13.3 Å². The van der Waals surface area contributed by atoms with Crippen LogP contribution in [0, 0.1) is 23.7 Å². The molecular formula is C15H18N2O2. The molecule has 2 aliphatic rings. The number of nitrogens with one attached hydrogen (secondary N) is 1. The molecule has 4 nitrogen and oxygen atoms in total. The molecule has 1 N–H and O–H groups in total. The van der Waals surface area contributed by atoms with Crippen LogP contribution in [0.15, 0.2) is 12.1 Å². The Morgan fingerprint density at radius 3 is 2.68 bits per heavy atom. The maximum Gasteiger partial charge on any atom is 0.231 e. The Morgan fingerprint density at radius 1 is 1.32 bits per heavy atom. The lowest BCUT2D eigenvalue weighted by molar-refractivity contribution is 0.174. The molecule has 1 aromatic rings. The van der Waals surface area contributed by atoms with E-state index in [-0.39, 0.29) is 5.41 Å². The summed E-state index contributed by atoms with van der Waals surface area (Å²) in [6.07, 6.45) is 3.23. The molecule has 1 aromatic carbocycles. The van der Waals surface area contributed by atoms with E-state index in [1.165, 1.54) is 17.5 Å². The SMILES string of the molecule is Cc1cc2c(cc1CNCC1(C#N)CCC1)OCO2. The average Bonchev–Trinajstić information content (AvgIpc) is 2.79. The maximum atomic E-state index is 9.19. The molecule has 0 saturated heterocycles. The summed E-state index contributed by atoms with van der Waals surface area (Å²) in [5.41, 5.74) is 2.28. The van der Waals surface area contributed by atoms with Crippen LogP contribution in [-0.2, 0) is 6.54 Å². The number of nitrogens with zero attached hydrogens (tertiary/aromatic N) is 1. The number of aryl methyl sites for hydroxylation is 1. The van der Waals surface area contributed by atoms with Gasteiger partial charge in [-0.05, 0) is 43.0 Å². The quantitative estimate of drug-likeness (QED) is 0.901. The van der Waals surface area contributed by atoms with Crippen LogP contribution in [0.2, 0.25) is 0 Å². The summed E-state index contributed by atoms with van der Waals surface area (Å²) in [7, 11) is 0. The molecule has 1 fully saturated rings. The van der Waals surface area contributed by atoms with E-state index in [2.05, 4.69) is 18.3 Å². The van der Waals surface area contributed by atoms with Crippen LogP contribution < -0.4 is 14.8 Å². The topological polar surface area (TPSA) is 54.3 Å². The molecule has 0 unspecified atom stereocenters. The summed E-state index contributed by atoms with van der Waals surface area (Å²) < 4.78 is 10.7. The molecule has 19 heavy (non-hydrogen) atoms. The van der Waals surface area contributed by atoms with E-state index >= 15 is 0 Å². The Kier molecular flexibility index (Phi) is 3.08. The van der Waals surface area contributed by atoms with E-state index in [4.69, 9.17) is 9.47 Å². The minimum absolute atomic E-state index is 0.121. The van der Waals surface area contributed by atoms with Crippen molar-refractivity contribution in [1.82, 2.24) is 5.32 Å². The molecule has 1 heterocycles. The average molecular weight is 258 g/mol. The highest BCUT2D eigenvalue weighted by molar-refractivity contribution is 5.48. The van der Waals surface area contributed by atoms with Crippen molar-refractivity contribution < 1.29 is 9.47 Å². The second-order valence-electron chi connectivity index (χ2n) is 5.48. The van der Waals surface area contributed by atoms with Crippen molar-refractivity contribution in [3.05, 3.63) is 23.3 Å². The van der Waals surface area contributed by atoms with Gasteiger partial charge >= 0.3 is 0 Å². The summed E-state index contributed by atoms with van der Waals surface area (Å²) in [4.78, 5) is 0. The second kappa shape index (κ2) is 4.75. The van der Waals surface area contributed by atoms with E-state index in [0.29, 0.717) is 6.79 Å². The lowest BCUT2D eigenvalue weighted by Gasteiger charge is -2.35. The Labute approximate surface area is 113 Å². The Morgan fingerprint density at radius 2 is 2.05 bits per heavy atom. The van der Waals surface area contributed by atoms with Crippen LogP contribution in [0.5, 0.6) is 11.5 Å². The zero-order chi connectivity index (χ0) is 13.3. The summed E-state index contributed by atoms with van der Waals surface area (Å²) in [6, 6.07) is 6.50. The number of benzene rings is 1. The van der Waals surface area contributed by atoms with Crippen molar-refractivity contribution >= 4 is 0 Å². The first-order valence-electron chi connectivity index (χ1n) is 6.74. The van der Waals surface area contributed by atoms with Crippen LogP contribution >= 0.6 is 0 Å². The van der Waals surface area contributed by atoms with Gasteiger partial charge in [0, 0.05) is 13.1 Å². The summed E-state index contributed by atoms with van der Waals surface area (Å²) in [6.45, 7) is 3.93. The van der Waals surface area contributed by atoms with Crippen molar-refractivity contribution in [2.24, 2.45) is 5.41 Å². The lowest BCUT2D eigenvalue weighted by atomic mass is 9.70. The van der Waals surface area contributed by atoms with Gasteiger partial charge in [0.05, 0.1) is 11.5 Å². The molecular weight excluding hydrogens is 240 g/mol. The Balaban J connectivity index is 1.63. The van der Waals surface area contributed by atoms with E-state index in [9.17, 15) is 5.26 Å². The maximum absolute atomic E-state index is 9.19. The smallest absolute Gasteiger partial charge is 0.231 e. The number of fused-ring (bicyclic) bond motifs is 1. The molecule has 0 amide bonds. The Hall–Kier alpha value is -1.73. The van der Waals surface area contributed by atoms with Crippen LogP contribution in [0.4, 0.5) is 0 Å². The lowest BCUT2D eigenvalue weighted by Crippen LogP contribution is -2.38. The van der Waals surface area contributed by atoms with Crippen LogP contribution in [0.3, 0.4) is 0 Å². The first kappa shape index (κ1) is 12.3. The summed E-state index contributed by atoms with van der Waals surface area (Å²) in [5, 5.41) is 12.6. The number of hydrogen-bond donors (Lipinski definition) is 1. The van der Waals surface area contributed by atoms with E-state index in [1.807, 2.05) is 12.1 Å². The van der Waals surface area contributed by atoms with Gasteiger partial charge in [0.25, 0.3) is 0 Å². The van der Waals surface area contributed by atoms with Gasteiger partial charge in [-0.25, -0.2) is 0 Å². The molecule has 0 atom stereocenters. The third kappa shape index (κ3) is 2.26. The zero-order valence-corrected chi connectivity index (χ0v) is 11.2. The molecule has 4 heteroatoms. The molecule has 1 saturated carbocycles. The molecule has 0 aromatic heterocycles. The van der Waals surface area contributed by atoms with E-state index in [0.717, 1.165) is 37.4 Å². The largest absolute Gasteiger partial charge is 0.454 e. The first-order valence-corrected chi connectivity index (χ1v) is 6.74. The molecule has 1 aliphatic heterocycles. The molecule has 3 rings (SSSR count). The van der Waals surface area contributed by atoms with Gasteiger partial charge < -0.3 is 14.8 Å². The van der Waals surface area contributed by atoms with Crippen LogP contribution in [0.1, 0.15) is 30.4 Å². The number of hydrogen-bond acceptors (Lipinski definition) is 4. The third-order valence-corrected chi connectivity index (χ3v) is 4.16. The molecule has 0 radical (unpaired) electrons. The van der Waals surface area contributed by atoms with Gasteiger partial charge in [0.1, 0.15) is 0 Å². The normalized spacial score (nSPS) is 18.7. The number of nitriles is 1. The highest BCUT2D eigenvalue weighted by Crippen LogP contribution is 2.39. The molecule has 1 aliphatic carbocycles. The molecule has 100 valence electrons. The number of ether oxygens (including phenoxy) is 2. The summed E-state index contributed by atoms with van der Waals surface area (Å²) >= 11 is 0. The minimum atomic E-state index is -0.121. The predicted molar refractivity (Wildman–Crippen MR) is 70.9 cm³/mol. The van der Waals surface area contributed by atoms with E-state index < -0.39 is 0 Å². The number of rotatable bonds is 4. The van der Waals surface area contributed by atoms with Gasteiger partial charge in [-0.3, -0.25) is 0 Å². The van der Waals surface area contributed by atoms with Crippen molar-refractivity contribution in [1.29, 1.82) is 5.26 Å². The van der Waals surface area contributed by atoms with Gasteiger partial charge in [-0.1, -0.05) is 6.42 Å². The molecule has 0 spiro atoms. The second-order valence-corrected chi connectivity index (χ2v) is 5.48. The monoisotopic (exact) mass is 258 g/mol. The van der Waals surface area contributed by atoms with Gasteiger partial charge in [0.2, 0.25) is 6.79 Å². The van der Waals surface area contributed by atoms with Crippen LogP contribution in [0.25, 0.3) is 0 Å². The third-order valence-electron chi connectivity index (χ3n) is 4.16. The Bertz CT molecular complexity index is 530. The van der Waals surface area contributed by atoms with Crippen molar-refractivity contribution in [2.45, 2.75) is 32.7 Å². The fourth-order valence-corrected chi connectivity index (χ4v) is 2.64. The van der Waals surface area contributed by atoms with Gasteiger partial charge in [-0.15, -0.1) is 0 Å².